The molecule has 23 heavy (non-hydrogen) atoms. The standard InChI is InChI=1S/C14H10F3N3O3/c15-14(16,17)9-2-1-3-10(6-9)20-12(21)8-23-13(22)11-7-18-4-5-19-11/h1-7H,8H2,(H,20,21). The first-order valence-corrected chi connectivity index (χ1v) is 6.26. The minimum Gasteiger partial charge on any atom is -0.451 e. The van der Waals surface area contributed by atoms with E-state index in [0.29, 0.717) is 0 Å². The van der Waals surface area contributed by atoms with Crippen LogP contribution < -0.4 is 5.32 Å². The molecule has 0 bridgehead atoms. The number of halogens is 3. The Morgan fingerprint density at radius 3 is 2.65 bits per heavy atom. The quantitative estimate of drug-likeness (QED) is 0.872. The van der Waals surface area contributed by atoms with Gasteiger partial charge in [-0.1, -0.05) is 6.07 Å². The molecule has 1 N–H and O–H groups in total. The monoisotopic (exact) mass is 325 g/mol. The molecular weight excluding hydrogens is 315 g/mol. The van der Waals surface area contributed by atoms with Gasteiger partial charge in [0, 0.05) is 18.1 Å². The number of carbonyl (C=O) groups excluding carboxylic acids is 2. The lowest BCUT2D eigenvalue weighted by molar-refractivity contribution is -0.137. The number of anilines is 1. The SMILES string of the molecule is O=C(COC(=O)c1cnccn1)Nc1cccc(C(F)(F)F)c1. The predicted octanol–water partition coefficient (Wildman–Crippen LogP) is 2.29. The summed E-state index contributed by atoms with van der Waals surface area (Å²) < 4.78 is 42.3. The molecule has 0 unspecified atom stereocenters. The highest BCUT2D eigenvalue weighted by atomic mass is 19.4. The predicted molar refractivity (Wildman–Crippen MR) is 72.4 cm³/mol. The third-order valence-electron chi connectivity index (χ3n) is 2.58. The third-order valence-corrected chi connectivity index (χ3v) is 2.58. The number of nitrogens with one attached hydrogen (secondary N) is 1. The van der Waals surface area contributed by atoms with Crippen LogP contribution in [0.25, 0.3) is 0 Å². The fourth-order valence-corrected chi connectivity index (χ4v) is 1.58. The second-order valence-electron chi connectivity index (χ2n) is 4.29. The zero-order chi connectivity index (χ0) is 16.9. The minimum atomic E-state index is -4.51. The molecule has 0 fully saturated rings. The number of hydrogen-bond acceptors (Lipinski definition) is 5. The molecule has 0 atom stereocenters. The molecular formula is C14H10F3N3O3. The van der Waals surface area contributed by atoms with E-state index in [-0.39, 0.29) is 11.4 Å². The molecule has 0 aliphatic heterocycles. The molecule has 120 valence electrons. The van der Waals surface area contributed by atoms with Gasteiger partial charge in [-0.3, -0.25) is 9.78 Å². The van der Waals surface area contributed by atoms with Crippen LogP contribution in [-0.2, 0) is 15.7 Å². The van der Waals surface area contributed by atoms with Gasteiger partial charge in [0.1, 0.15) is 0 Å². The Bertz CT molecular complexity index is 705. The smallest absolute Gasteiger partial charge is 0.416 e. The van der Waals surface area contributed by atoms with Gasteiger partial charge in [0.2, 0.25) is 0 Å². The number of hydrogen-bond donors (Lipinski definition) is 1. The molecule has 0 saturated heterocycles. The van der Waals surface area contributed by atoms with Crippen molar-refractivity contribution in [3.63, 3.8) is 0 Å². The molecule has 6 nitrogen and oxygen atoms in total. The second-order valence-corrected chi connectivity index (χ2v) is 4.29. The number of ether oxygens (including phenoxy) is 1. The summed E-state index contributed by atoms with van der Waals surface area (Å²) in [7, 11) is 0. The Balaban J connectivity index is 1.92. The van der Waals surface area contributed by atoms with Gasteiger partial charge in [-0.25, -0.2) is 9.78 Å². The Labute approximate surface area is 128 Å². The summed E-state index contributed by atoms with van der Waals surface area (Å²) in [5.41, 5.74) is -1.04. The van der Waals surface area contributed by atoms with E-state index < -0.39 is 30.2 Å². The van der Waals surface area contributed by atoms with E-state index in [1.807, 2.05) is 0 Å². The molecule has 0 aliphatic rings. The molecule has 0 aliphatic carbocycles. The molecule has 0 spiro atoms. The molecule has 1 aromatic heterocycles. The van der Waals surface area contributed by atoms with Crippen molar-refractivity contribution in [2.75, 3.05) is 11.9 Å². The van der Waals surface area contributed by atoms with Crippen molar-refractivity contribution in [3.8, 4) is 0 Å². The molecule has 1 aromatic carbocycles. The Morgan fingerprint density at radius 2 is 2.00 bits per heavy atom. The van der Waals surface area contributed by atoms with Crippen LogP contribution in [0.15, 0.2) is 42.9 Å². The average molecular weight is 325 g/mol. The van der Waals surface area contributed by atoms with Crippen molar-refractivity contribution < 1.29 is 27.5 Å². The highest BCUT2D eigenvalue weighted by molar-refractivity contribution is 5.94. The van der Waals surface area contributed by atoms with Gasteiger partial charge in [-0.15, -0.1) is 0 Å². The first-order chi connectivity index (χ1) is 10.9. The van der Waals surface area contributed by atoms with Crippen LogP contribution in [0.4, 0.5) is 18.9 Å². The first-order valence-electron chi connectivity index (χ1n) is 6.26. The number of alkyl halides is 3. The van der Waals surface area contributed by atoms with E-state index in [4.69, 9.17) is 0 Å². The zero-order valence-corrected chi connectivity index (χ0v) is 11.5. The van der Waals surface area contributed by atoms with Gasteiger partial charge in [-0.05, 0) is 18.2 Å². The Kier molecular flexibility index (Phi) is 4.89. The summed E-state index contributed by atoms with van der Waals surface area (Å²) in [6, 6.07) is 4.10. The zero-order valence-electron chi connectivity index (χ0n) is 11.5. The maximum Gasteiger partial charge on any atom is 0.416 e. The van der Waals surface area contributed by atoms with Gasteiger partial charge in [0.25, 0.3) is 5.91 Å². The summed E-state index contributed by atoms with van der Waals surface area (Å²) in [5, 5.41) is 2.21. The first kappa shape index (κ1) is 16.4. The van der Waals surface area contributed by atoms with Crippen molar-refractivity contribution in [1.82, 2.24) is 9.97 Å². The van der Waals surface area contributed by atoms with E-state index in [9.17, 15) is 22.8 Å². The summed E-state index contributed by atoms with van der Waals surface area (Å²) in [6.45, 7) is -0.661. The molecule has 0 saturated carbocycles. The minimum absolute atomic E-state index is 0.0552. The number of carbonyl (C=O) groups is 2. The maximum absolute atomic E-state index is 12.6. The second kappa shape index (κ2) is 6.86. The number of nitrogens with zero attached hydrogens (tertiary/aromatic N) is 2. The van der Waals surface area contributed by atoms with Crippen molar-refractivity contribution in [2.45, 2.75) is 6.18 Å². The number of benzene rings is 1. The van der Waals surface area contributed by atoms with E-state index in [2.05, 4.69) is 20.0 Å². The van der Waals surface area contributed by atoms with E-state index in [0.717, 1.165) is 24.4 Å². The molecule has 2 rings (SSSR count). The topological polar surface area (TPSA) is 81.2 Å². The lowest BCUT2D eigenvalue weighted by Gasteiger charge is -2.10. The molecule has 0 radical (unpaired) electrons. The van der Waals surface area contributed by atoms with Crippen LogP contribution in [0.5, 0.6) is 0 Å². The largest absolute Gasteiger partial charge is 0.451 e. The summed E-state index contributed by atoms with van der Waals surface area (Å²) in [5.74, 6) is -1.64. The van der Waals surface area contributed by atoms with E-state index >= 15 is 0 Å². The van der Waals surface area contributed by atoms with Crippen LogP contribution in [0.1, 0.15) is 16.1 Å². The number of amides is 1. The van der Waals surface area contributed by atoms with E-state index in [1.54, 1.807) is 0 Å². The molecule has 1 amide bonds. The highest BCUT2D eigenvalue weighted by Gasteiger charge is 2.30. The average Bonchev–Trinajstić information content (AvgIpc) is 2.53. The summed E-state index contributed by atoms with van der Waals surface area (Å²) in [4.78, 5) is 30.5. The maximum atomic E-state index is 12.6. The molecule has 1 heterocycles. The number of rotatable bonds is 4. The Hall–Kier alpha value is -2.97. The summed E-state index contributed by atoms with van der Waals surface area (Å²) in [6.07, 6.45) is -0.720. The normalized spacial score (nSPS) is 10.9. The molecule has 9 heteroatoms. The highest BCUT2D eigenvalue weighted by Crippen LogP contribution is 2.30. The lowest BCUT2D eigenvalue weighted by atomic mass is 10.2. The van der Waals surface area contributed by atoms with E-state index in [1.165, 1.54) is 18.5 Å². The van der Waals surface area contributed by atoms with Gasteiger partial charge >= 0.3 is 12.1 Å². The van der Waals surface area contributed by atoms with Crippen LogP contribution in [0, 0.1) is 0 Å². The van der Waals surface area contributed by atoms with Gasteiger partial charge in [-0.2, -0.15) is 13.2 Å². The van der Waals surface area contributed by atoms with Gasteiger partial charge in [0.05, 0.1) is 11.8 Å². The van der Waals surface area contributed by atoms with Gasteiger partial charge in [0.15, 0.2) is 12.3 Å². The molecule has 2 aromatic rings. The number of esters is 1. The summed E-state index contributed by atoms with van der Waals surface area (Å²) >= 11 is 0. The fourth-order valence-electron chi connectivity index (χ4n) is 1.58. The number of aromatic nitrogens is 2. The van der Waals surface area contributed by atoms with Crippen LogP contribution in [0.2, 0.25) is 0 Å². The fraction of sp³-hybridized carbons (Fsp3) is 0.143. The van der Waals surface area contributed by atoms with Crippen LogP contribution >= 0.6 is 0 Å². The Morgan fingerprint density at radius 1 is 1.22 bits per heavy atom. The van der Waals surface area contributed by atoms with Crippen LogP contribution in [-0.4, -0.2) is 28.5 Å². The van der Waals surface area contributed by atoms with Crippen LogP contribution in [0.3, 0.4) is 0 Å². The lowest BCUT2D eigenvalue weighted by Crippen LogP contribution is -2.21. The van der Waals surface area contributed by atoms with Crippen molar-refractivity contribution >= 4 is 17.6 Å². The van der Waals surface area contributed by atoms with Gasteiger partial charge < -0.3 is 10.1 Å². The van der Waals surface area contributed by atoms with Crippen molar-refractivity contribution in [1.29, 1.82) is 0 Å². The third kappa shape index (κ3) is 4.77. The van der Waals surface area contributed by atoms with Crippen molar-refractivity contribution in [2.24, 2.45) is 0 Å². The van der Waals surface area contributed by atoms with Crippen molar-refractivity contribution in [3.05, 3.63) is 54.1 Å².